The molecule has 0 N–H and O–H groups in total. The summed E-state index contributed by atoms with van der Waals surface area (Å²) in [5.74, 6) is 1.50. The highest BCUT2D eigenvalue weighted by atomic mass is 32.1. The van der Waals surface area contributed by atoms with Gasteiger partial charge in [-0.05, 0) is 38.0 Å². The van der Waals surface area contributed by atoms with Gasteiger partial charge >= 0.3 is 0 Å². The normalized spacial score (nSPS) is 14.1. The van der Waals surface area contributed by atoms with Crippen LogP contribution in [0.4, 0.5) is 10.3 Å². The van der Waals surface area contributed by atoms with E-state index in [9.17, 15) is 4.39 Å². The van der Waals surface area contributed by atoms with Crippen molar-refractivity contribution in [3.63, 3.8) is 0 Å². The predicted octanol–water partition coefficient (Wildman–Crippen LogP) is 4.16. The fraction of sp³-hybridized carbons (Fsp3) is 0.333. The maximum absolute atomic E-state index is 14.1. The van der Waals surface area contributed by atoms with Crippen molar-refractivity contribution in [1.29, 1.82) is 0 Å². The third-order valence-corrected chi connectivity index (χ3v) is 5.35. The zero-order chi connectivity index (χ0) is 16.7. The van der Waals surface area contributed by atoms with Gasteiger partial charge in [0.1, 0.15) is 5.82 Å². The lowest BCUT2D eigenvalue weighted by Gasteiger charge is -2.23. The van der Waals surface area contributed by atoms with Crippen molar-refractivity contribution in [1.82, 2.24) is 14.8 Å². The molecule has 0 amide bonds. The highest BCUT2D eigenvalue weighted by Crippen LogP contribution is 2.34. The molecule has 1 aromatic carbocycles. The van der Waals surface area contributed by atoms with Crippen molar-refractivity contribution in [2.75, 3.05) is 4.90 Å². The highest BCUT2D eigenvalue weighted by molar-refractivity contribution is 7.15. The molecule has 6 heteroatoms. The average molecular weight is 342 g/mol. The minimum Gasteiger partial charge on any atom is -0.333 e. The van der Waals surface area contributed by atoms with Crippen molar-refractivity contribution in [2.24, 2.45) is 7.05 Å². The van der Waals surface area contributed by atoms with E-state index in [1.54, 1.807) is 17.4 Å². The molecular formula is C18H19FN4S. The quantitative estimate of drug-likeness (QED) is 0.698. The van der Waals surface area contributed by atoms with E-state index in [1.165, 1.54) is 10.9 Å². The van der Waals surface area contributed by atoms with Gasteiger partial charge in [-0.3, -0.25) is 4.57 Å². The number of anilines is 1. The minimum atomic E-state index is -0.167. The first kappa shape index (κ1) is 15.3. The lowest BCUT2D eigenvalue weighted by Crippen LogP contribution is -2.28. The van der Waals surface area contributed by atoms with Crippen molar-refractivity contribution < 1.29 is 4.39 Å². The summed E-state index contributed by atoms with van der Waals surface area (Å²) in [5.41, 5.74) is 0.695. The van der Waals surface area contributed by atoms with Crippen LogP contribution in [0.1, 0.15) is 23.3 Å². The summed E-state index contributed by atoms with van der Waals surface area (Å²) in [6.45, 7) is 2.60. The molecule has 124 valence electrons. The van der Waals surface area contributed by atoms with Gasteiger partial charge in [0.2, 0.25) is 5.95 Å². The summed E-state index contributed by atoms with van der Waals surface area (Å²) >= 11 is 1.71. The van der Waals surface area contributed by atoms with E-state index in [0.29, 0.717) is 18.2 Å². The van der Waals surface area contributed by atoms with Crippen molar-refractivity contribution in [3.8, 4) is 10.7 Å². The van der Waals surface area contributed by atoms with Gasteiger partial charge < -0.3 is 4.90 Å². The molecule has 24 heavy (non-hydrogen) atoms. The van der Waals surface area contributed by atoms with Gasteiger partial charge in [0, 0.05) is 30.1 Å². The second-order valence-electron chi connectivity index (χ2n) is 6.24. The molecule has 0 radical (unpaired) electrons. The van der Waals surface area contributed by atoms with Crippen LogP contribution in [0.5, 0.6) is 0 Å². The van der Waals surface area contributed by atoms with E-state index in [2.05, 4.69) is 34.2 Å². The Morgan fingerprint density at radius 2 is 2.00 bits per heavy atom. The SMILES string of the molecule is Cc1ccc(-c2nnc(N(Cc3ccccc3F)C3CC3)n2C)s1. The van der Waals surface area contributed by atoms with Crippen LogP contribution in [0.15, 0.2) is 36.4 Å². The zero-order valence-electron chi connectivity index (χ0n) is 13.7. The number of thiophene rings is 1. The lowest BCUT2D eigenvalue weighted by molar-refractivity contribution is 0.599. The third kappa shape index (κ3) is 2.82. The maximum atomic E-state index is 14.1. The topological polar surface area (TPSA) is 34.0 Å². The van der Waals surface area contributed by atoms with E-state index in [-0.39, 0.29) is 5.82 Å². The number of aromatic nitrogens is 3. The minimum absolute atomic E-state index is 0.167. The first-order chi connectivity index (χ1) is 11.6. The Kier molecular flexibility index (Phi) is 3.84. The number of hydrogen-bond donors (Lipinski definition) is 0. The van der Waals surface area contributed by atoms with Crippen LogP contribution in [0.3, 0.4) is 0 Å². The fourth-order valence-corrected chi connectivity index (χ4v) is 3.79. The number of nitrogens with zero attached hydrogens (tertiary/aromatic N) is 4. The van der Waals surface area contributed by atoms with Crippen LogP contribution < -0.4 is 4.90 Å². The Morgan fingerprint density at radius 1 is 1.21 bits per heavy atom. The van der Waals surface area contributed by atoms with Crippen LogP contribution in [0.25, 0.3) is 10.7 Å². The van der Waals surface area contributed by atoms with Gasteiger partial charge in [0.15, 0.2) is 5.82 Å². The summed E-state index contributed by atoms with van der Waals surface area (Å²) < 4.78 is 16.1. The first-order valence-electron chi connectivity index (χ1n) is 8.09. The monoisotopic (exact) mass is 342 g/mol. The molecule has 2 aromatic heterocycles. The molecule has 0 aliphatic heterocycles. The van der Waals surface area contributed by atoms with E-state index >= 15 is 0 Å². The van der Waals surface area contributed by atoms with Crippen molar-refractivity contribution in [3.05, 3.63) is 52.7 Å². The molecule has 1 saturated carbocycles. The van der Waals surface area contributed by atoms with Crippen LogP contribution >= 0.6 is 11.3 Å². The number of rotatable bonds is 5. The zero-order valence-corrected chi connectivity index (χ0v) is 14.6. The Balaban J connectivity index is 1.67. The van der Waals surface area contributed by atoms with Crippen LogP contribution in [0, 0.1) is 12.7 Å². The maximum Gasteiger partial charge on any atom is 0.227 e. The lowest BCUT2D eigenvalue weighted by atomic mass is 10.2. The molecule has 1 fully saturated rings. The largest absolute Gasteiger partial charge is 0.333 e. The second-order valence-corrected chi connectivity index (χ2v) is 7.53. The number of aryl methyl sites for hydroxylation is 1. The molecule has 0 unspecified atom stereocenters. The number of hydrogen-bond acceptors (Lipinski definition) is 4. The molecular weight excluding hydrogens is 323 g/mol. The molecule has 0 spiro atoms. The molecule has 1 aliphatic rings. The Morgan fingerprint density at radius 3 is 2.67 bits per heavy atom. The molecule has 2 heterocycles. The third-order valence-electron chi connectivity index (χ3n) is 4.36. The van der Waals surface area contributed by atoms with Crippen LogP contribution in [-0.2, 0) is 13.6 Å². The first-order valence-corrected chi connectivity index (χ1v) is 8.91. The standard InChI is InChI=1S/C18H19FN4S/c1-12-7-10-16(24-12)17-20-21-18(22(17)2)23(14-8-9-14)11-13-5-3-4-6-15(13)19/h3-7,10,14H,8-9,11H2,1-2H3. The highest BCUT2D eigenvalue weighted by Gasteiger charge is 2.33. The number of halogens is 1. The van der Waals surface area contributed by atoms with E-state index < -0.39 is 0 Å². The predicted molar refractivity (Wildman–Crippen MR) is 94.7 cm³/mol. The second kappa shape index (κ2) is 6.02. The van der Waals surface area contributed by atoms with Gasteiger partial charge in [-0.15, -0.1) is 21.5 Å². The van der Waals surface area contributed by atoms with Gasteiger partial charge in [0.05, 0.1) is 4.88 Å². The van der Waals surface area contributed by atoms with Crippen molar-refractivity contribution in [2.45, 2.75) is 32.4 Å². The van der Waals surface area contributed by atoms with E-state index in [0.717, 1.165) is 29.5 Å². The Bertz CT molecular complexity index is 866. The van der Waals surface area contributed by atoms with Gasteiger partial charge in [-0.25, -0.2) is 4.39 Å². The van der Waals surface area contributed by atoms with Gasteiger partial charge in [0.25, 0.3) is 0 Å². The smallest absolute Gasteiger partial charge is 0.227 e. The molecule has 4 rings (SSSR count). The molecule has 3 aromatic rings. The van der Waals surface area contributed by atoms with E-state index in [4.69, 9.17) is 0 Å². The van der Waals surface area contributed by atoms with Crippen LogP contribution in [-0.4, -0.2) is 20.8 Å². The van der Waals surface area contributed by atoms with Crippen molar-refractivity contribution >= 4 is 17.3 Å². The van der Waals surface area contributed by atoms with E-state index in [1.807, 2.05) is 23.7 Å². The molecule has 4 nitrogen and oxygen atoms in total. The fourth-order valence-electron chi connectivity index (χ4n) is 2.90. The molecule has 0 atom stereocenters. The summed E-state index contributed by atoms with van der Waals surface area (Å²) in [5, 5.41) is 8.79. The average Bonchev–Trinajstić information content (AvgIpc) is 3.22. The summed E-state index contributed by atoms with van der Waals surface area (Å²) in [6, 6.07) is 11.5. The summed E-state index contributed by atoms with van der Waals surface area (Å²) in [6.07, 6.45) is 2.24. The van der Waals surface area contributed by atoms with Crippen LogP contribution in [0.2, 0.25) is 0 Å². The Labute approximate surface area is 144 Å². The van der Waals surface area contributed by atoms with Gasteiger partial charge in [-0.2, -0.15) is 0 Å². The number of benzene rings is 1. The van der Waals surface area contributed by atoms with Gasteiger partial charge in [-0.1, -0.05) is 18.2 Å². The summed E-state index contributed by atoms with van der Waals surface area (Å²) in [7, 11) is 1.98. The molecule has 0 bridgehead atoms. The molecule has 1 aliphatic carbocycles. The Hall–Kier alpha value is -2.21. The summed E-state index contributed by atoms with van der Waals surface area (Å²) in [4.78, 5) is 4.53. The molecule has 0 saturated heterocycles.